The van der Waals surface area contributed by atoms with Crippen LogP contribution in [0.2, 0.25) is 0 Å². The highest BCUT2D eigenvalue weighted by molar-refractivity contribution is 7.80. The summed E-state index contributed by atoms with van der Waals surface area (Å²) in [4.78, 5) is 21.2. The quantitative estimate of drug-likeness (QED) is 0.532. The zero-order valence-corrected chi connectivity index (χ0v) is 15.6. The molecule has 136 valence electrons. The van der Waals surface area contributed by atoms with Crippen molar-refractivity contribution in [3.63, 3.8) is 0 Å². The Bertz CT molecular complexity index is 621. The van der Waals surface area contributed by atoms with E-state index in [1.807, 2.05) is 32.1 Å². The average molecular weight is 363 g/mol. The van der Waals surface area contributed by atoms with Gasteiger partial charge in [0.1, 0.15) is 5.92 Å². The predicted octanol–water partition coefficient (Wildman–Crippen LogP) is 1.77. The van der Waals surface area contributed by atoms with E-state index < -0.39 is 0 Å². The van der Waals surface area contributed by atoms with Crippen molar-refractivity contribution in [2.24, 2.45) is 10.9 Å². The summed E-state index contributed by atoms with van der Waals surface area (Å²) in [6.07, 6.45) is 6.88. The zero-order valence-electron chi connectivity index (χ0n) is 14.8. The van der Waals surface area contributed by atoms with E-state index >= 15 is 0 Å². The Morgan fingerprint density at radius 1 is 1.36 bits per heavy atom. The minimum absolute atomic E-state index is 0.00894. The van der Waals surface area contributed by atoms with Crippen molar-refractivity contribution in [3.05, 3.63) is 23.9 Å². The Labute approximate surface area is 154 Å². The van der Waals surface area contributed by atoms with Crippen molar-refractivity contribution in [2.45, 2.75) is 26.4 Å². The lowest BCUT2D eigenvalue weighted by atomic mass is 9.93. The first kappa shape index (κ1) is 18.2. The Hall–Kier alpha value is -1.57. The van der Waals surface area contributed by atoms with Gasteiger partial charge in [-0.15, -0.1) is 0 Å². The predicted molar refractivity (Wildman–Crippen MR) is 101 cm³/mol. The van der Waals surface area contributed by atoms with Gasteiger partial charge in [0.2, 0.25) is 11.0 Å². The molecule has 1 atom stereocenters. The van der Waals surface area contributed by atoms with Crippen LogP contribution < -0.4 is 0 Å². The summed E-state index contributed by atoms with van der Waals surface area (Å²) in [5.41, 5.74) is 1.80. The highest BCUT2D eigenvalue weighted by atomic mass is 32.1. The fourth-order valence-electron chi connectivity index (χ4n) is 3.10. The van der Waals surface area contributed by atoms with E-state index in [4.69, 9.17) is 21.7 Å². The number of thiocarbonyl (C=S) groups is 1. The second kappa shape index (κ2) is 8.21. The number of carbonyl (C=O) groups is 1. The van der Waals surface area contributed by atoms with Crippen molar-refractivity contribution in [1.29, 1.82) is 0 Å². The van der Waals surface area contributed by atoms with E-state index in [-0.39, 0.29) is 17.9 Å². The number of morpholine rings is 1. The van der Waals surface area contributed by atoms with Gasteiger partial charge >= 0.3 is 0 Å². The summed E-state index contributed by atoms with van der Waals surface area (Å²) in [5, 5.41) is 0.355. The Balaban J connectivity index is 1.68. The van der Waals surface area contributed by atoms with Crippen LogP contribution in [0, 0.1) is 5.92 Å². The molecule has 0 aromatic heterocycles. The molecule has 2 aliphatic heterocycles. The molecule has 3 rings (SSSR count). The minimum Gasteiger partial charge on any atom is -0.379 e. The van der Waals surface area contributed by atoms with Crippen LogP contribution in [0.1, 0.15) is 20.3 Å². The smallest absolute Gasteiger partial charge is 0.241 e. The third-order valence-corrected chi connectivity index (χ3v) is 4.73. The van der Waals surface area contributed by atoms with Crippen LogP contribution in [-0.4, -0.2) is 72.1 Å². The Morgan fingerprint density at radius 2 is 2.12 bits per heavy atom. The summed E-state index contributed by atoms with van der Waals surface area (Å²) < 4.78 is 10.9. The van der Waals surface area contributed by atoms with Crippen LogP contribution in [-0.2, 0) is 14.3 Å². The molecule has 1 amide bonds. The van der Waals surface area contributed by atoms with Crippen LogP contribution >= 0.6 is 12.2 Å². The van der Waals surface area contributed by atoms with E-state index in [9.17, 15) is 4.79 Å². The van der Waals surface area contributed by atoms with Crippen LogP contribution in [0.15, 0.2) is 28.9 Å². The number of amides is 1. The van der Waals surface area contributed by atoms with Crippen LogP contribution in [0.3, 0.4) is 0 Å². The van der Waals surface area contributed by atoms with Gasteiger partial charge in [-0.05, 0) is 50.7 Å². The van der Waals surface area contributed by atoms with E-state index in [0.717, 1.165) is 44.1 Å². The highest BCUT2D eigenvalue weighted by Crippen LogP contribution is 2.25. The largest absolute Gasteiger partial charge is 0.379 e. The van der Waals surface area contributed by atoms with E-state index in [0.29, 0.717) is 18.3 Å². The molecule has 7 heteroatoms. The van der Waals surface area contributed by atoms with Crippen molar-refractivity contribution in [3.8, 4) is 0 Å². The summed E-state index contributed by atoms with van der Waals surface area (Å²) in [6, 6.07) is 0. The minimum atomic E-state index is -0.347. The first-order valence-electron chi connectivity index (χ1n) is 8.84. The number of allylic oxidation sites excluding steroid dienone is 2. The first-order valence-corrected chi connectivity index (χ1v) is 9.25. The van der Waals surface area contributed by atoms with Gasteiger partial charge in [0, 0.05) is 31.9 Å². The number of hydrogen-bond acceptors (Lipinski definition) is 5. The van der Waals surface area contributed by atoms with Crippen molar-refractivity contribution >= 4 is 28.9 Å². The van der Waals surface area contributed by atoms with Crippen molar-refractivity contribution < 1.29 is 14.3 Å². The fourth-order valence-corrected chi connectivity index (χ4v) is 3.39. The lowest BCUT2D eigenvalue weighted by Crippen LogP contribution is -2.47. The first-order chi connectivity index (χ1) is 12.1. The van der Waals surface area contributed by atoms with Gasteiger partial charge in [0.05, 0.1) is 25.0 Å². The van der Waals surface area contributed by atoms with Gasteiger partial charge in [0.15, 0.2) is 0 Å². The molecule has 1 saturated heterocycles. The molecule has 0 N–H and O–H groups in total. The molecule has 0 aromatic carbocycles. The van der Waals surface area contributed by atoms with Gasteiger partial charge in [0.25, 0.3) is 0 Å². The fraction of sp³-hybridized carbons (Fsp3) is 0.611. The van der Waals surface area contributed by atoms with E-state index in [1.165, 1.54) is 0 Å². The van der Waals surface area contributed by atoms with Gasteiger partial charge in [-0.3, -0.25) is 9.69 Å². The summed E-state index contributed by atoms with van der Waals surface area (Å²) in [5.74, 6) is -0.338. The highest BCUT2D eigenvalue weighted by Gasteiger charge is 2.35. The molecule has 1 aliphatic carbocycles. The number of aliphatic imine (C=N–C) groups is 1. The number of hydrogen-bond donors (Lipinski definition) is 0. The maximum Gasteiger partial charge on any atom is 0.241 e. The van der Waals surface area contributed by atoms with E-state index in [1.54, 1.807) is 4.90 Å². The van der Waals surface area contributed by atoms with Crippen molar-refractivity contribution in [2.75, 3.05) is 39.5 Å². The molecule has 0 spiro atoms. The molecule has 3 aliphatic rings. The molecule has 25 heavy (non-hydrogen) atoms. The SMILES string of the molecule is CC(C)OCCCN1C(=O)C2C=C(N3CCOCC3)C=CC2=NC1=S. The summed E-state index contributed by atoms with van der Waals surface area (Å²) in [6.45, 7) is 8.28. The number of fused-ring (bicyclic) bond motifs is 1. The summed E-state index contributed by atoms with van der Waals surface area (Å²) >= 11 is 5.32. The molecule has 0 saturated carbocycles. The van der Waals surface area contributed by atoms with Crippen LogP contribution in [0.25, 0.3) is 0 Å². The van der Waals surface area contributed by atoms with Gasteiger partial charge in [-0.2, -0.15) is 0 Å². The third kappa shape index (κ3) is 4.34. The third-order valence-electron chi connectivity index (χ3n) is 4.42. The molecular weight excluding hydrogens is 338 g/mol. The molecule has 1 unspecified atom stereocenters. The molecule has 2 heterocycles. The average Bonchev–Trinajstić information content (AvgIpc) is 2.61. The Kier molecular flexibility index (Phi) is 5.98. The monoisotopic (exact) mass is 363 g/mol. The number of rotatable bonds is 6. The topological polar surface area (TPSA) is 54.4 Å². The molecule has 6 nitrogen and oxygen atoms in total. The number of carbonyl (C=O) groups excluding carboxylic acids is 1. The van der Waals surface area contributed by atoms with Crippen LogP contribution in [0.4, 0.5) is 0 Å². The molecule has 1 fully saturated rings. The second-order valence-corrected chi connectivity index (χ2v) is 6.95. The molecule has 0 radical (unpaired) electrons. The lowest BCUT2D eigenvalue weighted by molar-refractivity contribution is -0.128. The lowest BCUT2D eigenvalue weighted by Gasteiger charge is -2.35. The Morgan fingerprint density at radius 3 is 2.84 bits per heavy atom. The van der Waals surface area contributed by atoms with Gasteiger partial charge in [-0.25, -0.2) is 4.99 Å². The van der Waals surface area contributed by atoms with Crippen LogP contribution in [0.5, 0.6) is 0 Å². The maximum absolute atomic E-state index is 12.9. The molecule has 0 aromatic rings. The maximum atomic E-state index is 12.9. The standard InChI is InChI=1S/C18H25N3O3S/c1-13(2)24-9-3-6-21-17(22)15-12-14(20-7-10-23-11-8-20)4-5-16(15)19-18(21)25/h4-5,12-13,15H,3,6-11H2,1-2H3. The zero-order chi connectivity index (χ0) is 17.8. The normalized spacial score (nSPS) is 23.7. The molecule has 0 bridgehead atoms. The molecular formula is C18H25N3O3S. The van der Waals surface area contributed by atoms with Gasteiger partial charge < -0.3 is 14.4 Å². The van der Waals surface area contributed by atoms with Crippen molar-refractivity contribution in [1.82, 2.24) is 9.80 Å². The number of nitrogens with zero attached hydrogens (tertiary/aromatic N) is 3. The number of ether oxygens (including phenoxy) is 2. The van der Waals surface area contributed by atoms with Gasteiger partial charge in [-0.1, -0.05) is 0 Å². The second-order valence-electron chi connectivity index (χ2n) is 6.58. The summed E-state index contributed by atoms with van der Waals surface area (Å²) in [7, 11) is 0. The van der Waals surface area contributed by atoms with E-state index in [2.05, 4.69) is 9.89 Å².